The Balaban J connectivity index is 2.39. The fourth-order valence-corrected chi connectivity index (χ4v) is 3.94. The molecule has 0 heterocycles. The van der Waals surface area contributed by atoms with Crippen molar-refractivity contribution in [1.82, 2.24) is 0 Å². The van der Waals surface area contributed by atoms with Gasteiger partial charge in [0.2, 0.25) is 5.69 Å². The SMILES string of the molecule is CC(CC(C)=[N+](C)c1c(Cl)cc([N+](=O)[O-])cc1Cl)=Nc1c(Cl)cc([N+](=O)[O-])cc1Cl. The van der Waals surface area contributed by atoms with Crippen LogP contribution in [0.4, 0.5) is 22.7 Å². The third-order valence-electron chi connectivity index (χ3n) is 4.15. The monoisotopic (exact) mass is 491 g/mol. The quantitative estimate of drug-likeness (QED) is 0.187. The summed E-state index contributed by atoms with van der Waals surface area (Å²) in [5, 5.41) is 22.2. The van der Waals surface area contributed by atoms with E-state index in [0.717, 1.165) is 5.71 Å². The Kier molecular flexibility index (Phi) is 7.76. The second-order valence-corrected chi connectivity index (χ2v) is 7.98. The molecule has 12 heteroatoms. The van der Waals surface area contributed by atoms with Crippen molar-refractivity contribution in [3.05, 3.63) is 64.6 Å². The van der Waals surface area contributed by atoms with Crippen LogP contribution in [-0.2, 0) is 0 Å². The maximum atomic E-state index is 10.9. The minimum absolute atomic E-state index is 0.0565. The summed E-state index contributed by atoms with van der Waals surface area (Å²) in [5.41, 5.74) is 1.60. The number of nitro benzene ring substituents is 2. The van der Waals surface area contributed by atoms with E-state index in [-0.39, 0.29) is 37.2 Å². The van der Waals surface area contributed by atoms with Gasteiger partial charge in [-0.2, -0.15) is 4.58 Å². The van der Waals surface area contributed by atoms with Crippen LogP contribution in [-0.4, -0.2) is 32.9 Å². The predicted octanol–water partition coefficient (Wildman–Crippen LogP) is 7.03. The summed E-state index contributed by atoms with van der Waals surface area (Å²) in [4.78, 5) is 25.1. The molecule has 0 aliphatic carbocycles. The highest BCUT2D eigenvalue weighted by molar-refractivity contribution is 6.39. The van der Waals surface area contributed by atoms with Crippen LogP contribution in [0.5, 0.6) is 0 Å². The van der Waals surface area contributed by atoms with Crippen LogP contribution in [0.3, 0.4) is 0 Å². The summed E-state index contributed by atoms with van der Waals surface area (Å²) in [7, 11) is 1.72. The van der Waals surface area contributed by atoms with E-state index in [1.807, 2.05) is 6.92 Å². The lowest BCUT2D eigenvalue weighted by Crippen LogP contribution is -2.13. The van der Waals surface area contributed by atoms with E-state index in [9.17, 15) is 20.2 Å². The molecule has 0 amide bonds. The Labute approximate surface area is 191 Å². The Bertz CT molecular complexity index is 1070. The predicted molar refractivity (Wildman–Crippen MR) is 120 cm³/mol. The largest absolute Gasteiger partial charge is 0.272 e. The number of nitrogens with zero attached hydrogens (tertiary/aromatic N) is 4. The molecule has 2 aromatic carbocycles. The van der Waals surface area contributed by atoms with Crippen molar-refractivity contribution >= 4 is 80.6 Å². The van der Waals surface area contributed by atoms with Crippen molar-refractivity contribution in [2.75, 3.05) is 7.05 Å². The number of hydrogen-bond donors (Lipinski definition) is 0. The van der Waals surface area contributed by atoms with Crippen molar-refractivity contribution in [1.29, 1.82) is 0 Å². The molecule has 0 aliphatic rings. The zero-order valence-corrected chi connectivity index (χ0v) is 19.0. The Morgan fingerprint density at radius 1 is 0.867 bits per heavy atom. The van der Waals surface area contributed by atoms with E-state index < -0.39 is 9.85 Å². The number of aliphatic imine (C=N–C) groups is 1. The summed E-state index contributed by atoms with van der Waals surface area (Å²) < 4.78 is 1.70. The van der Waals surface area contributed by atoms with Gasteiger partial charge in [-0.3, -0.25) is 25.2 Å². The molecule has 158 valence electrons. The van der Waals surface area contributed by atoms with Gasteiger partial charge in [0.15, 0.2) is 5.71 Å². The first-order valence-corrected chi connectivity index (χ1v) is 9.80. The first-order valence-electron chi connectivity index (χ1n) is 8.29. The molecule has 8 nitrogen and oxygen atoms in total. The van der Waals surface area contributed by atoms with E-state index in [1.165, 1.54) is 24.3 Å². The molecule has 2 rings (SSSR count). The molecular weight excluding hydrogens is 478 g/mol. The molecule has 0 spiro atoms. The Morgan fingerprint density at radius 3 is 1.67 bits per heavy atom. The molecular formula is C18H15Cl4N4O4+. The van der Waals surface area contributed by atoms with Gasteiger partial charge in [-0.05, 0) is 6.92 Å². The highest BCUT2D eigenvalue weighted by Gasteiger charge is 2.23. The highest BCUT2D eigenvalue weighted by Crippen LogP contribution is 2.38. The lowest BCUT2D eigenvalue weighted by Gasteiger charge is -2.07. The lowest BCUT2D eigenvalue weighted by atomic mass is 10.2. The van der Waals surface area contributed by atoms with Crippen molar-refractivity contribution in [3.8, 4) is 0 Å². The maximum Gasteiger partial charge on any atom is 0.272 e. The minimum Gasteiger partial charge on any atom is -0.258 e. The molecule has 0 saturated heterocycles. The van der Waals surface area contributed by atoms with E-state index in [1.54, 1.807) is 18.5 Å². The van der Waals surface area contributed by atoms with Gasteiger partial charge < -0.3 is 0 Å². The first kappa shape index (κ1) is 24.0. The number of rotatable bonds is 6. The zero-order chi connectivity index (χ0) is 22.7. The molecule has 0 N–H and O–H groups in total. The van der Waals surface area contributed by atoms with Gasteiger partial charge in [-0.15, -0.1) is 0 Å². The van der Waals surface area contributed by atoms with Crippen LogP contribution in [0.1, 0.15) is 20.3 Å². The zero-order valence-electron chi connectivity index (χ0n) is 16.0. The second kappa shape index (κ2) is 9.70. The molecule has 0 atom stereocenters. The first-order chi connectivity index (χ1) is 13.9. The lowest BCUT2D eigenvalue weighted by molar-refractivity contribution is -0.406. The third-order valence-corrected chi connectivity index (χ3v) is 5.30. The van der Waals surface area contributed by atoms with Crippen LogP contribution in [0.2, 0.25) is 20.1 Å². The number of hydrogen-bond acceptors (Lipinski definition) is 5. The molecule has 0 aromatic heterocycles. The van der Waals surface area contributed by atoms with Crippen LogP contribution >= 0.6 is 46.4 Å². The molecule has 0 bridgehead atoms. The van der Waals surface area contributed by atoms with Crippen LogP contribution in [0, 0.1) is 20.2 Å². The number of halogens is 4. The van der Waals surface area contributed by atoms with Gasteiger partial charge in [0.05, 0.1) is 26.3 Å². The summed E-state index contributed by atoms with van der Waals surface area (Å²) in [6, 6.07) is 4.81. The number of benzene rings is 2. The number of nitro groups is 2. The Morgan fingerprint density at radius 2 is 1.27 bits per heavy atom. The smallest absolute Gasteiger partial charge is 0.258 e. The van der Waals surface area contributed by atoms with Gasteiger partial charge in [0.25, 0.3) is 11.4 Å². The number of non-ortho nitro benzene ring substituents is 2. The van der Waals surface area contributed by atoms with Crippen molar-refractivity contribution < 1.29 is 14.4 Å². The third kappa shape index (κ3) is 5.46. The summed E-state index contributed by atoms with van der Waals surface area (Å²) in [5.74, 6) is 0. The minimum atomic E-state index is -0.595. The fourth-order valence-electron chi connectivity index (χ4n) is 2.65. The standard InChI is InChI=1S/C18H15Cl4N4O4/c1-9(23-17-13(19)5-11(25(27)28)6-14(17)20)4-10(2)24(3)18-15(21)7-12(26(29)30)8-16(18)22/h5-8H,4H2,1-3H3/q+1. The van der Waals surface area contributed by atoms with Crippen molar-refractivity contribution in [2.24, 2.45) is 4.99 Å². The van der Waals surface area contributed by atoms with Crippen LogP contribution < -0.4 is 0 Å². The summed E-state index contributed by atoms with van der Waals surface area (Å²) >= 11 is 24.6. The van der Waals surface area contributed by atoms with Gasteiger partial charge in [-0.1, -0.05) is 46.4 Å². The molecule has 0 radical (unpaired) electrons. The average molecular weight is 493 g/mol. The normalized spacial score (nSPS) is 12.6. The molecule has 0 fully saturated rings. The van der Waals surface area contributed by atoms with E-state index >= 15 is 0 Å². The van der Waals surface area contributed by atoms with Crippen molar-refractivity contribution in [3.63, 3.8) is 0 Å². The van der Waals surface area contributed by atoms with Gasteiger partial charge in [0, 0.05) is 36.9 Å². The van der Waals surface area contributed by atoms with E-state index in [0.29, 0.717) is 17.8 Å². The van der Waals surface area contributed by atoms with E-state index in [2.05, 4.69) is 4.99 Å². The molecule has 0 aliphatic heterocycles. The van der Waals surface area contributed by atoms with Crippen LogP contribution in [0.25, 0.3) is 0 Å². The summed E-state index contributed by atoms with van der Waals surface area (Å²) in [6.45, 7) is 3.55. The average Bonchev–Trinajstić information content (AvgIpc) is 2.63. The van der Waals surface area contributed by atoms with Gasteiger partial charge in [0.1, 0.15) is 22.8 Å². The van der Waals surface area contributed by atoms with E-state index in [4.69, 9.17) is 46.4 Å². The molecule has 30 heavy (non-hydrogen) atoms. The van der Waals surface area contributed by atoms with Gasteiger partial charge in [-0.25, -0.2) is 0 Å². The fraction of sp³-hybridized carbons (Fsp3) is 0.222. The highest BCUT2D eigenvalue weighted by atomic mass is 35.5. The molecule has 2 aromatic rings. The molecule has 0 unspecified atom stereocenters. The topological polar surface area (TPSA) is 102 Å². The van der Waals surface area contributed by atoms with Gasteiger partial charge >= 0.3 is 0 Å². The van der Waals surface area contributed by atoms with Crippen molar-refractivity contribution in [2.45, 2.75) is 20.3 Å². The summed E-state index contributed by atoms with van der Waals surface area (Å²) in [6.07, 6.45) is 0.365. The Hall–Kier alpha value is -2.26. The second-order valence-electron chi connectivity index (χ2n) is 6.35. The molecule has 0 saturated carbocycles. The maximum absolute atomic E-state index is 10.9. The van der Waals surface area contributed by atoms with Crippen LogP contribution in [0.15, 0.2) is 29.3 Å².